The Balaban J connectivity index is 1.87. The van der Waals surface area contributed by atoms with Crippen molar-refractivity contribution in [1.29, 1.82) is 0 Å². The minimum Gasteiger partial charge on any atom is -0.487 e. The highest BCUT2D eigenvalue weighted by molar-refractivity contribution is 9.11. The van der Waals surface area contributed by atoms with Gasteiger partial charge in [-0.25, -0.2) is 4.68 Å². The average Bonchev–Trinajstić information content (AvgIpc) is 3.07. The van der Waals surface area contributed by atoms with Crippen molar-refractivity contribution in [3.05, 3.63) is 73.1 Å². The molecule has 5 nitrogen and oxygen atoms in total. The summed E-state index contributed by atoms with van der Waals surface area (Å²) in [6.07, 6.45) is 4.66. The summed E-state index contributed by atoms with van der Waals surface area (Å²) in [7, 11) is 0. The molecule has 9 heteroatoms. The van der Waals surface area contributed by atoms with Gasteiger partial charge in [-0.3, -0.25) is 0 Å². The Morgan fingerprint density at radius 1 is 1.12 bits per heavy atom. The minimum absolute atomic E-state index is 0.295. The van der Waals surface area contributed by atoms with E-state index in [2.05, 4.69) is 47.2 Å². The molecule has 0 aliphatic rings. The van der Waals surface area contributed by atoms with E-state index in [1.807, 2.05) is 18.2 Å². The van der Waals surface area contributed by atoms with Gasteiger partial charge >= 0.3 is 0 Å². The molecule has 0 radical (unpaired) electrons. The lowest BCUT2D eigenvalue weighted by Crippen LogP contribution is -2.01. The van der Waals surface area contributed by atoms with Crippen LogP contribution in [0.5, 0.6) is 5.75 Å². The van der Waals surface area contributed by atoms with Gasteiger partial charge in [0.25, 0.3) is 0 Å². The second-order valence-corrected chi connectivity index (χ2v) is 7.53. The van der Waals surface area contributed by atoms with Crippen LogP contribution < -0.4 is 4.74 Å². The van der Waals surface area contributed by atoms with E-state index >= 15 is 0 Å². The van der Waals surface area contributed by atoms with Crippen LogP contribution >= 0.6 is 55.1 Å². The van der Waals surface area contributed by atoms with Crippen molar-refractivity contribution in [2.75, 3.05) is 0 Å². The number of aromatic nitrogens is 3. The molecule has 128 valence electrons. The van der Waals surface area contributed by atoms with E-state index in [9.17, 15) is 0 Å². The van der Waals surface area contributed by atoms with E-state index in [0.717, 1.165) is 20.1 Å². The molecular formula is C16H10Br2Cl2N4O. The van der Waals surface area contributed by atoms with Crippen molar-refractivity contribution >= 4 is 61.3 Å². The van der Waals surface area contributed by atoms with Crippen molar-refractivity contribution in [3.63, 3.8) is 0 Å². The number of ether oxygens (including phenoxy) is 1. The normalized spacial score (nSPS) is 11.2. The molecule has 25 heavy (non-hydrogen) atoms. The van der Waals surface area contributed by atoms with Crippen LogP contribution in [0.2, 0.25) is 10.0 Å². The minimum atomic E-state index is 0.295. The van der Waals surface area contributed by atoms with Crippen molar-refractivity contribution in [2.45, 2.75) is 6.61 Å². The van der Waals surface area contributed by atoms with Crippen LogP contribution in [0.3, 0.4) is 0 Å². The van der Waals surface area contributed by atoms with Crippen molar-refractivity contribution < 1.29 is 4.74 Å². The standard InChI is InChI=1S/C16H10Br2Cl2N4O/c17-12-3-11(6-23-24-8-21-22-9-24)16(14(18)4-12)25-7-10-1-2-13(19)5-15(10)20/h1-6,8-9H,7H2/b23-6-. The van der Waals surface area contributed by atoms with E-state index in [1.54, 1.807) is 18.3 Å². The number of hydrogen-bond donors (Lipinski definition) is 0. The van der Waals surface area contributed by atoms with Crippen LogP contribution in [0.4, 0.5) is 0 Å². The molecular weight excluding hydrogens is 495 g/mol. The van der Waals surface area contributed by atoms with E-state index in [0.29, 0.717) is 22.4 Å². The van der Waals surface area contributed by atoms with Gasteiger partial charge in [0.1, 0.15) is 25.0 Å². The third kappa shape index (κ3) is 4.82. The van der Waals surface area contributed by atoms with Gasteiger partial charge in [-0.15, -0.1) is 10.2 Å². The monoisotopic (exact) mass is 502 g/mol. The van der Waals surface area contributed by atoms with E-state index in [4.69, 9.17) is 27.9 Å². The Labute approximate surface area is 170 Å². The molecule has 3 aromatic rings. The van der Waals surface area contributed by atoms with Gasteiger partial charge in [0.15, 0.2) is 0 Å². The lowest BCUT2D eigenvalue weighted by atomic mass is 10.2. The maximum absolute atomic E-state index is 6.20. The van der Waals surface area contributed by atoms with Crippen LogP contribution in [0, 0.1) is 0 Å². The molecule has 1 heterocycles. The highest BCUT2D eigenvalue weighted by Crippen LogP contribution is 2.33. The number of nitrogens with zero attached hydrogens (tertiary/aromatic N) is 4. The largest absolute Gasteiger partial charge is 0.487 e. The first kappa shape index (κ1) is 18.4. The summed E-state index contributed by atoms with van der Waals surface area (Å²) in [6.45, 7) is 0.295. The first-order chi connectivity index (χ1) is 12.0. The third-order valence-corrected chi connectivity index (χ3v) is 4.79. The Kier molecular flexibility index (Phi) is 6.11. The lowest BCUT2D eigenvalue weighted by Gasteiger charge is -2.13. The fraction of sp³-hybridized carbons (Fsp3) is 0.0625. The Morgan fingerprint density at radius 2 is 1.88 bits per heavy atom. The molecule has 0 spiro atoms. The second-order valence-electron chi connectivity index (χ2n) is 4.92. The summed E-state index contributed by atoms with van der Waals surface area (Å²) in [4.78, 5) is 0. The second kappa shape index (κ2) is 8.31. The smallest absolute Gasteiger partial charge is 0.142 e. The summed E-state index contributed by atoms with van der Waals surface area (Å²) in [5.74, 6) is 0.644. The summed E-state index contributed by atoms with van der Waals surface area (Å²) in [6, 6.07) is 9.10. The number of benzene rings is 2. The van der Waals surface area contributed by atoms with Gasteiger partial charge in [-0.05, 0) is 40.2 Å². The molecule has 0 saturated carbocycles. The highest BCUT2D eigenvalue weighted by Gasteiger charge is 2.11. The summed E-state index contributed by atoms with van der Waals surface area (Å²) >= 11 is 19.1. The fourth-order valence-electron chi connectivity index (χ4n) is 2.00. The topological polar surface area (TPSA) is 52.3 Å². The maximum atomic E-state index is 6.20. The maximum Gasteiger partial charge on any atom is 0.142 e. The van der Waals surface area contributed by atoms with Gasteiger partial charge in [0.05, 0.1) is 10.7 Å². The zero-order valence-electron chi connectivity index (χ0n) is 12.5. The van der Waals surface area contributed by atoms with E-state index in [-0.39, 0.29) is 0 Å². The average molecular weight is 505 g/mol. The zero-order valence-corrected chi connectivity index (χ0v) is 17.2. The van der Waals surface area contributed by atoms with Crippen molar-refractivity contribution in [1.82, 2.24) is 14.9 Å². The summed E-state index contributed by atoms with van der Waals surface area (Å²) in [5, 5.41) is 12.8. The Bertz CT molecular complexity index is 917. The molecule has 0 N–H and O–H groups in total. The molecule has 0 fully saturated rings. The van der Waals surface area contributed by atoms with E-state index < -0.39 is 0 Å². The molecule has 1 aromatic heterocycles. The first-order valence-corrected chi connectivity index (χ1v) is 9.32. The van der Waals surface area contributed by atoms with Crippen LogP contribution in [0.25, 0.3) is 0 Å². The third-order valence-electron chi connectivity index (χ3n) is 3.16. The molecule has 0 aliphatic carbocycles. The Morgan fingerprint density at radius 3 is 2.60 bits per heavy atom. The van der Waals surface area contributed by atoms with Gasteiger partial charge < -0.3 is 4.74 Å². The molecule has 2 aromatic carbocycles. The highest BCUT2D eigenvalue weighted by atomic mass is 79.9. The number of halogens is 4. The predicted molar refractivity (Wildman–Crippen MR) is 106 cm³/mol. The molecule has 0 aliphatic heterocycles. The quantitative estimate of drug-likeness (QED) is 0.427. The van der Waals surface area contributed by atoms with Crippen molar-refractivity contribution in [2.24, 2.45) is 5.10 Å². The molecule has 3 rings (SSSR count). The molecule has 0 atom stereocenters. The lowest BCUT2D eigenvalue weighted by molar-refractivity contribution is 0.304. The van der Waals surface area contributed by atoms with Gasteiger partial charge in [0.2, 0.25) is 0 Å². The van der Waals surface area contributed by atoms with Gasteiger partial charge in [-0.1, -0.05) is 45.2 Å². The zero-order chi connectivity index (χ0) is 17.8. The molecule has 0 saturated heterocycles. The summed E-state index contributed by atoms with van der Waals surface area (Å²) < 4.78 is 9.15. The van der Waals surface area contributed by atoms with E-state index in [1.165, 1.54) is 17.3 Å². The fourth-order valence-corrected chi connectivity index (χ4v) is 3.84. The number of hydrogen-bond acceptors (Lipinski definition) is 4. The van der Waals surface area contributed by atoms with Crippen LogP contribution in [0.1, 0.15) is 11.1 Å². The Hall–Kier alpha value is -1.41. The van der Waals surface area contributed by atoms with Crippen LogP contribution in [-0.2, 0) is 6.61 Å². The molecule has 0 unspecified atom stereocenters. The van der Waals surface area contributed by atoms with Crippen LogP contribution in [0.15, 0.2) is 57.0 Å². The van der Waals surface area contributed by atoms with Gasteiger partial charge in [0, 0.05) is 25.6 Å². The van der Waals surface area contributed by atoms with Crippen LogP contribution in [-0.4, -0.2) is 21.1 Å². The van der Waals surface area contributed by atoms with Gasteiger partial charge in [-0.2, -0.15) is 5.10 Å². The summed E-state index contributed by atoms with van der Waals surface area (Å²) in [5.41, 5.74) is 1.61. The predicted octanol–water partition coefficient (Wildman–Crippen LogP) is 5.57. The molecule has 0 bridgehead atoms. The number of rotatable bonds is 5. The SMILES string of the molecule is Clc1ccc(COc2c(Br)cc(Br)cc2/C=N\n2cnnc2)c(Cl)c1. The molecule has 0 amide bonds. The van der Waals surface area contributed by atoms with Crippen molar-refractivity contribution in [3.8, 4) is 5.75 Å². The first-order valence-electron chi connectivity index (χ1n) is 6.97.